The fourth-order valence-electron chi connectivity index (χ4n) is 6.55. The van der Waals surface area contributed by atoms with E-state index in [1.54, 1.807) is 0 Å². The van der Waals surface area contributed by atoms with E-state index < -0.39 is 0 Å². The van der Waals surface area contributed by atoms with Crippen molar-refractivity contribution >= 4 is 23.5 Å². The Kier molecular flexibility index (Phi) is 10.7. The number of ether oxygens (including phenoxy) is 1. The maximum atomic E-state index is 14.3. The Balaban J connectivity index is 1.37. The molecule has 2 aliphatic rings. The van der Waals surface area contributed by atoms with Crippen molar-refractivity contribution in [1.29, 1.82) is 0 Å². The van der Waals surface area contributed by atoms with Gasteiger partial charge in [0.25, 0.3) is 5.91 Å². The molecule has 240 valence electrons. The van der Waals surface area contributed by atoms with E-state index in [0.29, 0.717) is 31.4 Å². The summed E-state index contributed by atoms with van der Waals surface area (Å²) in [6.07, 6.45) is 2.36. The van der Waals surface area contributed by atoms with Crippen molar-refractivity contribution in [1.82, 2.24) is 19.8 Å². The summed E-state index contributed by atoms with van der Waals surface area (Å²) in [5.74, 6) is 1.48. The third-order valence-corrected chi connectivity index (χ3v) is 8.98. The summed E-state index contributed by atoms with van der Waals surface area (Å²) in [6.45, 7) is 15.2. The molecular weight excluding hydrogens is 564 g/mol. The van der Waals surface area contributed by atoms with E-state index in [-0.39, 0.29) is 24.3 Å². The van der Waals surface area contributed by atoms with Gasteiger partial charge in [-0.3, -0.25) is 14.5 Å². The lowest BCUT2D eigenvalue weighted by atomic mass is 9.95. The molecule has 9 nitrogen and oxygen atoms in total. The third kappa shape index (κ3) is 8.19. The van der Waals surface area contributed by atoms with Crippen LogP contribution < -0.4 is 14.5 Å². The number of aryl methyl sites for hydroxylation is 3. The Morgan fingerprint density at radius 2 is 1.58 bits per heavy atom. The highest BCUT2D eigenvalue weighted by atomic mass is 16.5. The third-order valence-electron chi connectivity index (χ3n) is 8.98. The lowest BCUT2D eigenvalue weighted by Gasteiger charge is -2.36. The van der Waals surface area contributed by atoms with Gasteiger partial charge < -0.3 is 19.4 Å². The van der Waals surface area contributed by atoms with Crippen LogP contribution in [0.4, 0.5) is 11.6 Å². The number of piperidine rings is 1. The Labute approximate surface area is 268 Å². The topological polar surface area (TPSA) is 82.1 Å². The molecule has 0 N–H and O–H groups in total. The molecule has 0 bridgehead atoms. The molecule has 3 heterocycles. The van der Waals surface area contributed by atoms with E-state index in [1.165, 1.54) is 0 Å². The highest BCUT2D eigenvalue weighted by molar-refractivity contribution is 5.96. The van der Waals surface area contributed by atoms with Crippen molar-refractivity contribution in [3.63, 3.8) is 0 Å². The number of amides is 2. The van der Waals surface area contributed by atoms with Crippen LogP contribution in [0.3, 0.4) is 0 Å². The largest absolute Gasteiger partial charge is 0.484 e. The Morgan fingerprint density at radius 1 is 0.867 bits per heavy atom. The van der Waals surface area contributed by atoms with E-state index in [9.17, 15) is 9.59 Å². The number of fused-ring (bicyclic) bond motifs is 1. The standard InChI is InChI=1S/C36H48N6O3/c1-26(2)39-17-10-18-42(33(43)25-45-32-13-7-6-8-14-32)34-27(3)11-9-12-31(34)24-41(22-21-39)35(44)30-15-19-40(20-16-30)36-37-28(4)23-29(5)38-36/h6-9,11-14,23,26,30H,10,15-22,24-25H2,1-5H3. The maximum Gasteiger partial charge on any atom is 0.264 e. The first-order valence-corrected chi connectivity index (χ1v) is 16.4. The zero-order chi connectivity index (χ0) is 31.9. The molecule has 0 aliphatic carbocycles. The van der Waals surface area contributed by atoms with Gasteiger partial charge in [0.2, 0.25) is 11.9 Å². The van der Waals surface area contributed by atoms with E-state index in [1.807, 2.05) is 79.1 Å². The van der Waals surface area contributed by atoms with Crippen molar-refractivity contribution < 1.29 is 14.3 Å². The predicted molar refractivity (Wildman–Crippen MR) is 179 cm³/mol. The smallest absolute Gasteiger partial charge is 0.264 e. The highest BCUT2D eigenvalue weighted by Crippen LogP contribution is 2.30. The van der Waals surface area contributed by atoms with Crippen LogP contribution in [0.2, 0.25) is 0 Å². The van der Waals surface area contributed by atoms with Crippen LogP contribution in [0, 0.1) is 26.7 Å². The zero-order valence-corrected chi connectivity index (χ0v) is 27.5. The zero-order valence-electron chi connectivity index (χ0n) is 27.5. The highest BCUT2D eigenvalue weighted by Gasteiger charge is 2.32. The number of benzene rings is 2. The molecule has 0 unspecified atom stereocenters. The van der Waals surface area contributed by atoms with Gasteiger partial charge in [0, 0.05) is 69.2 Å². The molecule has 1 aromatic heterocycles. The number of carbonyl (C=O) groups excluding carboxylic acids is 2. The number of nitrogens with zero attached hydrogens (tertiary/aromatic N) is 6. The Hall–Kier alpha value is -3.98. The molecule has 2 aromatic carbocycles. The molecule has 0 spiro atoms. The summed E-state index contributed by atoms with van der Waals surface area (Å²) in [7, 11) is 0. The lowest BCUT2D eigenvalue weighted by molar-refractivity contribution is -0.137. The normalized spacial score (nSPS) is 17.2. The molecule has 1 fully saturated rings. The van der Waals surface area contributed by atoms with Gasteiger partial charge in [0.1, 0.15) is 5.75 Å². The Morgan fingerprint density at radius 3 is 2.27 bits per heavy atom. The van der Waals surface area contributed by atoms with E-state index in [4.69, 9.17) is 4.74 Å². The van der Waals surface area contributed by atoms with Crippen LogP contribution in [0.1, 0.15) is 55.6 Å². The quantitative estimate of drug-likeness (QED) is 0.380. The Bertz CT molecular complexity index is 1430. The molecule has 5 rings (SSSR count). The van der Waals surface area contributed by atoms with Crippen LogP contribution in [-0.4, -0.2) is 83.5 Å². The van der Waals surface area contributed by atoms with Gasteiger partial charge in [-0.2, -0.15) is 0 Å². The maximum absolute atomic E-state index is 14.3. The summed E-state index contributed by atoms with van der Waals surface area (Å²) >= 11 is 0. The van der Waals surface area contributed by atoms with Crippen LogP contribution in [0.15, 0.2) is 54.6 Å². The average molecular weight is 613 g/mol. The molecule has 2 amide bonds. The minimum atomic E-state index is -0.0800. The molecule has 0 radical (unpaired) electrons. The van der Waals surface area contributed by atoms with Crippen molar-refractivity contribution in [2.45, 2.75) is 66.5 Å². The summed E-state index contributed by atoms with van der Waals surface area (Å²) in [4.78, 5) is 45.9. The minimum Gasteiger partial charge on any atom is -0.484 e. The second-order valence-electron chi connectivity index (χ2n) is 12.7. The van der Waals surface area contributed by atoms with Crippen molar-refractivity contribution in [2.75, 3.05) is 55.7 Å². The van der Waals surface area contributed by atoms with Gasteiger partial charge in [0.05, 0.1) is 5.69 Å². The van der Waals surface area contributed by atoms with Crippen LogP contribution >= 0.6 is 0 Å². The van der Waals surface area contributed by atoms with E-state index in [2.05, 4.69) is 39.7 Å². The van der Waals surface area contributed by atoms with Crippen LogP contribution in [-0.2, 0) is 16.1 Å². The molecule has 2 aliphatic heterocycles. The number of aromatic nitrogens is 2. The molecule has 1 saturated heterocycles. The van der Waals surface area contributed by atoms with Crippen molar-refractivity contribution in [3.05, 3.63) is 77.1 Å². The number of para-hydroxylation sites is 2. The van der Waals surface area contributed by atoms with Crippen LogP contribution in [0.25, 0.3) is 0 Å². The number of rotatable bonds is 6. The fourth-order valence-corrected chi connectivity index (χ4v) is 6.55. The minimum absolute atomic E-state index is 0.0446. The summed E-state index contributed by atoms with van der Waals surface area (Å²) in [5.41, 5.74) is 4.84. The number of carbonyl (C=O) groups is 2. The molecule has 9 heteroatoms. The molecule has 45 heavy (non-hydrogen) atoms. The first-order valence-electron chi connectivity index (χ1n) is 16.4. The number of anilines is 2. The monoisotopic (exact) mass is 612 g/mol. The first-order chi connectivity index (χ1) is 21.7. The molecule has 0 atom stereocenters. The average Bonchev–Trinajstić information content (AvgIpc) is 3.06. The van der Waals surface area contributed by atoms with Gasteiger partial charge in [0.15, 0.2) is 6.61 Å². The van der Waals surface area contributed by atoms with Crippen molar-refractivity contribution in [2.24, 2.45) is 5.92 Å². The van der Waals surface area contributed by atoms with Gasteiger partial charge in [-0.15, -0.1) is 0 Å². The molecular formula is C36H48N6O3. The second kappa shape index (κ2) is 14.9. The number of hydrogen-bond acceptors (Lipinski definition) is 7. The molecule has 0 saturated carbocycles. The first kappa shape index (κ1) is 32.4. The summed E-state index contributed by atoms with van der Waals surface area (Å²) < 4.78 is 5.90. The molecule has 3 aromatic rings. The fraction of sp³-hybridized carbons (Fsp3) is 0.500. The van der Waals surface area contributed by atoms with Gasteiger partial charge in [-0.25, -0.2) is 9.97 Å². The SMILES string of the molecule is Cc1cc(C)nc(N2CCC(C(=O)N3CCN(C(C)C)CCCN(C(=O)COc4ccccc4)c4c(C)cccc4C3)CC2)n1. The van der Waals surface area contributed by atoms with Gasteiger partial charge >= 0.3 is 0 Å². The van der Waals surface area contributed by atoms with E-state index in [0.717, 1.165) is 79.6 Å². The van der Waals surface area contributed by atoms with Crippen LogP contribution in [0.5, 0.6) is 5.75 Å². The summed E-state index contributed by atoms with van der Waals surface area (Å²) in [5, 5.41) is 0. The van der Waals surface area contributed by atoms with E-state index >= 15 is 0 Å². The lowest BCUT2D eigenvalue weighted by Crippen LogP contribution is -2.46. The number of hydrogen-bond donors (Lipinski definition) is 0. The summed E-state index contributed by atoms with van der Waals surface area (Å²) in [6, 6.07) is 17.9. The van der Waals surface area contributed by atoms with Gasteiger partial charge in [-0.05, 0) is 83.2 Å². The predicted octanol–water partition coefficient (Wildman–Crippen LogP) is 5.17. The van der Waals surface area contributed by atoms with Gasteiger partial charge in [-0.1, -0.05) is 36.4 Å². The van der Waals surface area contributed by atoms with Crippen molar-refractivity contribution in [3.8, 4) is 5.75 Å². The second-order valence-corrected chi connectivity index (χ2v) is 12.7.